The second-order valence-electron chi connectivity index (χ2n) is 2.51. The SMILES string of the molecule is CC(=O)Oc1cc(C(=O)Cl)ccc1Cl. The Morgan fingerprint density at radius 3 is 2.50 bits per heavy atom. The maximum atomic E-state index is 10.8. The summed E-state index contributed by atoms with van der Waals surface area (Å²) in [5.74, 6) is -0.378. The van der Waals surface area contributed by atoms with Crippen LogP contribution in [0.25, 0.3) is 0 Å². The third-order valence-electron chi connectivity index (χ3n) is 1.41. The summed E-state index contributed by atoms with van der Waals surface area (Å²) >= 11 is 11.0. The molecule has 0 heterocycles. The fourth-order valence-corrected chi connectivity index (χ4v) is 1.13. The number of carbonyl (C=O) groups excluding carboxylic acids is 2. The molecule has 14 heavy (non-hydrogen) atoms. The van der Waals surface area contributed by atoms with Crippen LogP contribution in [0.2, 0.25) is 5.02 Å². The number of rotatable bonds is 2. The summed E-state index contributed by atoms with van der Waals surface area (Å²) in [6.07, 6.45) is 0. The van der Waals surface area contributed by atoms with E-state index in [1.807, 2.05) is 0 Å². The highest BCUT2D eigenvalue weighted by Gasteiger charge is 2.08. The van der Waals surface area contributed by atoms with Crippen molar-refractivity contribution in [2.24, 2.45) is 0 Å². The Labute approximate surface area is 90.6 Å². The van der Waals surface area contributed by atoms with Crippen molar-refractivity contribution < 1.29 is 14.3 Å². The van der Waals surface area contributed by atoms with Gasteiger partial charge in [0.2, 0.25) is 0 Å². The molecule has 1 aromatic carbocycles. The van der Waals surface area contributed by atoms with Crippen LogP contribution in [-0.2, 0) is 4.79 Å². The largest absolute Gasteiger partial charge is 0.425 e. The minimum Gasteiger partial charge on any atom is -0.425 e. The summed E-state index contributed by atoms with van der Waals surface area (Å²) in [5.41, 5.74) is 0.229. The van der Waals surface area contributed by atoms with Gasteiger partial charge in [0.25, 0.3) is 5.24 Å². The molecule has 0 saturated heterocycles. The maximum Gasteiger partial charge on any atom is 0.308 e. The summed E-state index contributed by atoms with van der Waals surface area (Å²) in [6, 6.07) is 4.21. The number of carbonyl (C=O) groups is 2. The molecule has 0 aliphatic heterocycles. The molecule has 0 aromatic heterocycles. The third-order valence-corrected chi connectivity index (χ3v) is 1.94. The average Bonchev–Trinajstić information content (AvgIpc) is 2.07. The van der Waals surface area contributed by atoms with Gasteiger partial charge in [-0.05, 0) is 29.8 Å². The van der Waals surface area contributed by atoms with Crippen LogP contribution in [0.4, 0.5) is 0 Å². The minimum absolute atomic E-state index is 0.130. The summed E-state index contributed by atoms with van der Waals surface area (Å²) in [7, 11) is 0. The summed E-state index contributed by atoms with van der Waals surface area (Å²) in [6.45, 7) is 1.24. The molecule has 0 amide bonds. The van der Waals surface area contributed by atoms with Crippen molar-refractivity contribution in [3.05, 3.63) is 28.8 Å². The van der Waals surface area contributed by atoms with Gasteiger partial charge in [-0.25, -0.2) is 0 Å². The third kappa shape index (κ3) is 2.72. The molecule has 5 heteroatoms. The van der Waals surface area contributed by atoms with Crippen molar-refractivity contribution in [3.63, 3.8) is 0 Å². The first-order valence-corrected chi connectivity index (χ1v) is 4.44. The lowest BCUT2D eigenvalue weighted by Gasteiger charge is -2.04. The Morgan fingerprint density at radius 2 is 2.00 bits per heavy atom. The Kier molecular flexibility index (Phi) is 3.49. The topological polar surface area (TPSA) is 43.4 Å². The number of benzene rings is 1. The van der Waals surface area contributed by atoms with Crippen molar-refractivity contribution in [1.29, 1.82) is 0 Å². The number of ether oxygens (including phenoxy) is 1. The summed E-state index contributed by atoms with van der Waals surface area (Å²) < 4.78 is 4.75. The van der Waals surface area contributed by atoms with Crippen LogP contribution < -0.4 is 4.74 Å². The second kappa shape index (κ2) is 4.44. The quantitative estimate of drug-likeness (QED) is 0.448. The zero-order valence-electron chi connectivity index (χ0n) is 7.21. The molecule has 0 atom stereocenters. The van der Waals surface area contributed by atoms with Gasteiger partial charge in [0.1, 0.15) is 5.75 Å². The molecule has 0 bridgehead atoms. The Bertz CT molecular complexity index is 388. The molecule has 1 rings (SSSR count). The van der Waals surface area contributed by atoms with E-state index in [-0.39, 0.29) is 16.3 Å². The van der Waals surface area contributed by atoms with Gasteiger partial charge in [-0.3, -0.25) is 9.59 Å². The number of hydrogen-bond donors (Lipinski definition) is 0. The monoisotopic (exact) mass is 232 g/mol. The van der Waals surface area contributed by atoms with E-state index in [0.29, 0.717) is 0 Å². The van der Waals surface area contributed by atoms with Crippen LogP contribution in [0.15, 0.2) is 18.2 Å². The zero-order valence-corrected chi connectivity index (χ0v) is 8.72. The summed E-state index contributed by atoms with van der Waals surface area (Å²) in [5, 5.41) is -0.378. The number of hydrogen-bond acceptors (Lipinski definition) is 3. The van der Waals surface area contributed by atoms with Crippen molar-refractivity contribution in [2.45, 2.75) is 6.92 Å². The molecule has 1 aromatic rings. The molecule has 0 aliphatic carbocycles. The van der Waals surface area contributed by atoms with Crippen LogP contribution >= 0.6 is 23.2 Å². The molecule has 0 unspecified atom stereocenters. The van der Waals surface area contributed by atoms with Crippen molar-refractivity contribution in [2.75, 3.05) is 0 Å². The highest BCUT2D eigenvalue weighted by Crippen LogP contribution is 2.26. The molecule has 0 radical (unpaired) electrons. The molecule has 3 nitrogen and oxygen atoms in total. The van der Waals surface area contributed by atoms with E-state index in [2.05, 4.69) is 0 Å². The Morgan fingerprint density at radius 1 is 1.36 bits per heavy atom. The average molecular weight is 233 g/mol. The first-order chi connectivity index (χ1) is 6.50. The predicted molar refractivity (Wildman–Crippen MR) is 52.9 cm³/mol. The smallest absolute Gasteiger partial charge is 0.308 e. The van der Waals surface area contributed by atoms with E-state index in [4.69, 9.17) is 27.9 Å². The zero-order chi connectivity index (χ0) is 10.7. The van der Waals surface area contributed by atoms with Gasteiger partial charge in [0, 0.05) is 12.5 Å². The van der Waals surface area contributed by atoms with Gasteiger partial charge in [0.15, 0.2) is 0 Å². The molecule has 74 valence electrons. The van der Waals surface area contributed by atoms with E-state index in [0.717, 1.165) is 0 Å². The lowest BCUT2D eigenvalue weighted by atomic mass is 10.2. The van der Waals surface area contributed by atoms with Gasteiger partial charge in [-0.2, -0.15) is 0 Å². The fourth-order valence-electron chi connectivity index (χ4n) is 0.859. The Hall–Kier alpha value is -1.06. The fraction of sp³-hybridized carbons (Fsp3) is 0.111. The highest BCUT2D eigenvalue weighted by molar-refractivity contribution is 6.67. The second-order valence-corrected chi connectivity index (χ2v) is 3.26. The highest BCUT2D eigenvalue weighted by atomic mass is 35.5. The van der Waals surface area contributed by atoms with E-state index < -0.39 is 11.2 Å². The van der Waals surface area contributed by atoms with Crippen LogP contribution in [0, 0.1) is 0 Å². The lowest BCUT2D eigenvalue weighted by Crippen LogP contribution is -2.02. The van der Waals surface area contributed by atoms with Gasteiger partial charge in [0.05, 0.1) is 5.02 Å². The van der Waals surface area contributed by atoms with Gasteiger partial charge >= 0.3 is 5.97 Å². The predicted octanol–water partition coefficient (Wildman–Crippen LogP) is 2.64. The van der Waals surface area contributed by atoms with E-state index >= 15 is 0 Å². The summed E-state index contributed by atoms with van der Waals surface area (Å²) in [4.78, 5) is 21.4. The Balaban J connectivity index is 3.08. The van der Waals surface area contributed by atoms with Crippen LogP contribution in [0.3, 0.4) is 0 Å². The molecule has 0 spiro atoms. The van der Waals surface area contributed by atoms with Crippen LogP contribution in [0.5, 0.6) is 5.75 Å². The van der Waals surface area contributed by atoms with Crippen molar-refractivity contribution in [3.8, 4) is 5.75 Å². The van der Waals surface area contributed by atoms with Crippen molar-refractivity contribution in [1.82, 2.24) is 0 Å². The lowest BCUT2D eigenvalue weighted by molar-refractivity contribution is -0.131. The van der Waals surface area contributed by atoms with E-state index in [1.165, 1.54) is 25.1 Å². The molecule has 0 N–H and O–H groups in total. The molecular formula is C9H6Cl2O3. The number of esters is 1. The van der Waals surface area contributed by atoms with Gasteiger partial charge in [-0.1, -0.05) is 11.6 Å². The first kappa shape index (κ1) is 11.0. The van der Waals surface area contributed by atoms with Crippen molar-refractivity contribution >= 4 is 34.4 Å². The minimum atomic E-state index is -0.630. The molecule has 0 aliphatic rings. The molecule has 0 fully saturated rings. The van der Waals surface area contributed by atoms with Gasteiger partial charge < -0.3 is 4.74 Å². The van der Waals surface area contributed by atoms with E-state index in [1.54, 1.807) is 0 Å². The normalized spacial score (nSPS) is 9.64. The molecule has 0 saturated carbocycles. The molecular weight excluding hydrogens is 227 g/mol. The van der Waals surface area contributed by atoms with Crippen LogP contribution in [-0.4, -0.2) is 11.2 Å². The maximum absolute atomic E-state index is 10.8. The van der Waals surface area contributed by atoms with Crippen LogP contribution in [0.1, 0.15) is 17.3 Å². The van der Waals surface area contributed by atoms with E-state index in [9.17, 15) is 9.59 Å². The standard InChI is InChI=1S/C9H6Cl2O3/c1-5(12)14-8-4-6(9(11)13)2-3-7(8)10/h2-4H,1H3. The first-order valence-electron chi connectivity index (χ1n) is 3.68. The number of halogens is 2. The van der Waals surface area contributed by atoms with Gasteiger partial charge in [-0.15, -0.1) is 0 Å².